The van der Waals surface area contributed by atoms with Crippen LogP contribution in [0.5, 0.6) is 0 Å². The van der Waals surface area contributed by atoms with Crippen LogP contribution in [0.1, 0.15) is 91.4 Å². The summed E-state index contributed by atoms with van der Waals surface area (Å²) in [6.07, 6.45) is 15.8. The van der Waals surface area contributed by atoms with Crippen LogP contribution in [0.3, 0.4) is 0 Å². The predicted octanol–water partition coefficient (Wildman–Crippen LogP) is 6.13. The van der Waals surface area contributed by atoms with Crippen molar-refractivity contribution in [1.29, 1.82) is 0 Å². The molecule has 1 rings (SSSR count). The van der Waals surface area contributed by atoms with Crippen LogP contribution in [0.25, 0.3) is 0 Å². The molecule has 1 nitrogen and oxygen atoms in total. The van der Waals surface area contributed by atoms with E-state index in [9.17, 15) is 0 Å². The van der Waals surface area contributed by atoms with Crippen molar-refractivity contribution in [3.63, 3.8) is 0 Å². The van der Waals surface area contributed by atoms with E-state index in [1.807, 2.05) is 0 Å². The van der Waals surface area contributed by atoms with Gasteiger partial charge in [-0.05, 0) is 44.2 Å². The molecule has 0 radical (unpaired) electrons. The molecule has 0 saturated carbocycles. The monoisotopic (exact) mass is 295 g/mol. The topological polar surface area (TPSA) is 3.24 Å². The Bertz CT molecular complexity index is 238. The second-order valence-electron chi connectivity index (χ2n) is 7.62. The van der Waals surface area contributed by atoms with Crippen LogP contribution in [0.2, 0.25) is 0 Å². The van der Waals surface area contributed by atoms with Gasteiger partial charge in [-0.1, -0.05) is 78.6 Å². The van der Waals surface area contributed by atoms with E-state index in [1.165, 1.54) is 83.7 Å². The van der Waals surface area contributed by atoms with Gasteiger partial charge < -0.3 is 4.90 Å². The van der Waals surface area contributed by atoms with E-state index in [1.54, 1.807) is 0 Å². The highest BCUT2D eigenvalue weighted by Gasteiger charge is 2.26. The summed E-state index contributed by atoms with van der Waals surface area (Å²) in [6.45, 7) is 9.94. The Kier molecular flexibility index (Phi) is 10.4. The van der Waals surface area contributed by atoms with Crippen LogP contribution in [0.4, 0.5) is 0 Å². The molecule has 0 N–H and O–H groups in total. The molecule has 1 heterocycles. The van der Waals surface area contributed by atoms with Crippen molar-refractivity contribution >= 4 is 0 Å². The maximum atomic E-state index is 2.61. The largest absolute Gasteiger partial charge is 0.306 e. The van der Waals surface area contributed by atoms with Gasteiger partial charge in [0.2, 0.25) is 0 Å². The molecule has 0 aromatic heterocycles. The van der Waals surface area contributed by atoms with Gasteiger partial charge in [0, 0.05) is 6.54 Å². The van der Waals surface area contributed by atoms with Crippen molar-refractivity contribution in [3.8, 4) is 0 Å². The Hall–Kier alpha value is -0.0400. The van der Waals surface area contributed by atoms with Crippen molar-refractivity contribution in [2.45, 2.75) is 91.4 Å². The quantitative estimate of drug-likeness (QED) is 0.487. The summed E-state index contributed by atoms with van der Waals surface area (Å²) in [5.41, 5.74) is 0. The highest BCUT2D eigenvalue weighted by molar-refractivity contribution is 4.77. The number of unbranched alkanes of at least 4 members (excludes halogenated alkanes) is 3. The first-order valence-corrected chi connectivity index (χ1v) is 9.87. The van der Waals surface area contributed by atoms with Crippen molar-refractivity contribution in [3.05, 3.63) is 0 Å². The molecule has 126 valence electrons. The van der Waals surface area contributed by atoms with Crippen LogP contribution >= 0.6 is 0 Å². The Labute approximate surface area is 134 Å². The summed E-state index contributed by atoms with van der Waals surface area (Å²) in [5.74, 6) is 2.82. The Morgan fingerprint density at radius 1 is 1.00 bits per heavy atom. The Balaban J connectivity index is 2.48. The van der Waals surface area contributed by atoms with Crippen LogP contribution in [-0.4, -0.2) is 25.0 Å². The highest BCUT2D eigenvalue weighted by Crippen LogP contribution is 2.33. The van der Waals surface area contributed by atoms with Crippen LogP contribution in [0.15, 0.2) is 0 Å². The van der Waals surface area contributed by atoms with Gasteiger partial charge in [-0.15, -0.1) is 0 Å². The molecule has 0 spiro atoms. The lowest BCUT2D eigenvalue weighted by Crippen LogP contribution is -2.33. The molecule has 0 aromatic carbocycles. The van der Waals surface area contributed by atoms with E-state index in [4.69, 9.17) is 0 Å². The predicted molar refractivity (Wildman–Crippen MR) is 95.8 cm³/mol. The number of hydrogen-bond acceptors (Lipinski definition) is 1. The molecule has 3 unspecified atom stereocenters. The first-order valence-electron chi connectivity index (χ1n) is 9.87. The molecule has 1 saturated heterocycles. The zero-order chi connectivity index (χ0) is 15.5. The minimum Gasteiger partial charge on any atom is -0.306 e. The van der Waals surface area contributed by atoms with Gasteiger partial charge in [0.05, 0.1) is 0 Å². The number of rotatable bonds is 8. The third-order valence-electron chi connectivity index (χ3n) is 5.73. The zero-order valence-corrected chi connectivity index (χ0v) is 15.4. The SMILES string of the molecule is CCCCCCC(C)C(CC)C1CCCCCCN(C)C1. The van der Waals surface area contributed by atoms with Gasteiger partial charge in [0.25, 0.3) is 0 Å². The minimum absolute atomic E-state index is 0.922. The molecule has 1 heteroatoms. The summed E-state index contributed by atoms with van der Waals surface area (Å²) < 4.78 is 0. The molecule has 21 heavy (non-hydrogen) atoms. The second-order valence-corrected chi connectivity index (χ2v) is 7.62. The van der Waals surface area contributed by atoms with Gasteiger partial charge in [-0.3, -0.25) is 0 Å². The van der Waals surface area contributed by atoms with Crippen molar-refractivity contribution in [2.75, 3.05) is 20.1 Å². The van der Waals surface area contributed by atoms with Crippen LogP contribution in [-0.2, 0) is 0 Å². The summed E-state index contributed by atoms with van der Waals surface area (Å²) in [5, 5.41) is 0. The lowest BCUT2D eigenvalue weighted by atomic mass is 9.76. The molecule has 1 aliphatic rings. The zero-order valence-electron chi connectivity index (χ0n) is 15.4. The summed E-state index contributed by atoms with van der Waals surface area (Å²) in [7, 11) is 2.34. The van der Waals surface area contributed by atoms with Gasteiger partial charge >= 0.3 is 0 Å². The van der Waals surface area contributed by atoms with Crippen molar-refractivity contribution < 1.29 is 0 Å². The highest BCUT2D eigenvalue weighted by atomic mass is 15.1. The van der Waals surface area contributed by atoms with Crippen LogP contribution in [0, 0.1) is 17.8 Å². The lowest BCUT2D eigenvalue weighted by molar-refractivity contribution is 0.157. The third-order valence-corrected chi connectivity index (χ3v) is 5.73. The maximum absolute atomic E-state index is 2.61. The van der Waals surface area contributed by atoms with Gasteiger partial charge in [0.1, 0.15) is 0 Å². The minimum atomic E-state index is 0.922. The number of nitrogens with zero attached hydrogens (tertiary/aromatic N) is 1. The van der Waals surface area contributed by atoms with Crippen LogP contribution < -0.4 is 0 Å². The molecule has 0 aliphatic carbocycles. The standard InChI is InChI=1S/C20H41N/c1-5-7-8-11-14-18(3)20(6-2)19-15-12-9-10-13-16-21(4)17-19/h18-20H,5-17H2,1-4H3. The Morgan fingerprint density at radius 2 is 1.76 bits per heavy atom. The smallest absolute Gasteiger partial charge is 0.000935 e. The summed E-state index contributed by atoms with van der Waals surface area (Å²) >= 11 is 0. The maximum Gasteiger partial charge on any atom is 0.000935 e. The molecular weight excluding hydrogens is 254 g/mol. The van der Waals surface area contributed by atoms with E-state index in [-0.39, 0.29) is 0 Å². The lowest BCUT2D eigenvalue weighted by Gasteiger charge is -2.34. The van der Waals surface area contributed by atoms with E-state index >= 15 is 0 Å². The van der Waals surface area contributed by atoms with Gasteiger partial charge in [0.15, 0.2) is 0 Å². The average Bonchev–Trinajstić information content (AvgIpc) is 2.57. The van der Waals surface area contributed by atoms with Gasteiger partial charge in [-0.2, -0.15) is 0 Å². The van der Waals surface area contributed by atoms with Crippen molar-refractivity contribution in [2.24, 2.45) is 17.8 Å². The van der Waals surface area contributed by atoms with E-state index in [2.05, 4.69) is 32.7 Å². The molecule has 3 atom stereocenters. The fraction of sp³-hybridized carbons (Fsp3) is 1.00. The summed E-state index contributed by atoms with van der Waals surface area (Å²) in [4.78, 5) is 2.61. The average molecular weight is 296 g/mol. The van der Waals surface area contributed by atoms with Gasteiger partial charge in [-0.25, -0.2) is 0 Å². The second kappa shape index (κ2) is 11.5. The molecular formula is C20H41N. The molecule has 1 aliphatic heterocycles. The fourth-order valence-electron chi connectivity index (χ4n) is 4.38. The van der Waals surface area contributed by atoms with E-state index in [0.717, 1.165) is 17.8 Å². The molecule has 0 bridgehead atoms. The third kappa shape index (κ3) is 7.68. The normalized spacial score (nSPS) is 24.9. The molecule has 1 fully saturated rings. The summed E-state index contributed by atoms with van der Waals surface area (Å²) in [6, 6.07) is 0. The first-order chi connectivity index (χ1) is 10.2. The van der Waals surface area contributed by atoms with E-state index < -0.39 is 0 Å². The number of hydrogen-bond donors (Lipinski definition) is 0. The first kappa shape index (κ1) is 19.0. The van der Waals surface area contributed by atoms with Crippen molar-refractivity contribution in [1.82, 2.24) is 4.90 Å². The van der Waals surface area contributed by atoms with E-state index in [0.29, 0.717) is 0 Å². The molecule has 0 aromatic rings. The molecule has 0 amide bonds. The Morgan fingerprint density at radius 3 is 2.48 bits per heavy atom. The fourth-order valence-corrected chi connectivity index (χ4v) is 4.38.